The molecule has 0 aliphatic carbocycles. The van der Waals surface area contributed by atoms with E-state index in [-0.39, 0.29) is 0 Å². The van der Waals surface area contributed by atoms with Gasteiger partial charge < -0.3 is 10.6 Å². The summed E-state index contributed by atoms with van der Waals surface area (Å²) in [5.74, 6) is 0.957. The summed E-state index contributed by atoms with van der Waals surface area (Å²) >= 11 is 11.9. The molecule has 3 rings (SSSR count). The van der Waals surface area contributed by atoms with Crippen molar-refractivity contribution in [3.05, 3.63) is 64.3 Å². The largest absolute Gasteiger partial charge is 0.339 e. The Bertz CT molecular complexity index is 838. The van der Waals surface area contributed by atoms with Gasteiger partial charge in [0.25, 0.3) is 0 Å². The van der Waals surface area contributed by atoms with Gasteiger partial charge in [-0.1, -0.05) is 29.3 Å². The molecule has 0 atom stereocenters. The first-order chi connectivity index (χ1) is 11.1. The first-order valence-electron chi connectivity index (χ1n) is 6.86. The van der Waals surface area contributed by atoms with Crippen molar-refractivity contribution in [2.45, 2.75) is 6.92 Å². The van der Waals surface area contributed by atoms with Crippen molar-refractivity contribution in [1.29, 1.82) is 0 Å². The summed E-state index contributed by atoms with van der Waals surface area (Å²) in [7, 11) is 0. The minimum absolute atomic E-state index is 0.391. The van der Waals surface area contributed by atoms with Crippen LogP contribution in [0.5, 0.6) is 0 Å². The maximum absolute atomic E-state index is 5.97. The Labute approximate surface area is 143 Å². The van der Waals surface area contributed by atoms with Crippen molar-refractivity contribution in [3.8, 4) is 0 Å². The molecule has 2 aromatic carbocycles. The Morgan fingerprint density at radius 2 is 1.78 bits per heavy atom. The zero-order valence-electron chi connectivity index (χ0n) is 12.2. The summed E-state index contributed by atoms with van der Waals surface area (Å²) in [6.07, 6.45) is 1.54. The molecule has 3 aromatic rings. The standard InChI is InChI=1S/C16H13Cl2N5/c1-10-7-12(18)5-6-14(10)21-16-22-15(9-19-23-16)20-13-4-2-3-11(17)8-13/h2-9H,1H3,(H2,20,21,22,23). The number of hydrogen-bond donors (Lipinski definition) is 2. The highest BCUT2D eigenvalue weighted by atomic mass is 35.5. The average Bonchev–Trinajstić information content (AvgIpc) is 2.51. The summed E-state index contributed by atoms with van der Waals surface area (Å²) in [5.41, 5.74) is 2.69. The predicted octanol–water partition coefficient (Wildman–Crippen LogP) is 4.97. The highest BCUT2D eigenvalue weighted by Crippen LogP contribution is 2.23. The van der Waals surface area contributed by atoms with Gasteiger partial charge in [-0.05, 0) is 48.9 Å². The van der Waals surface area contributed by atoms with E-state index in [0.717, 1.165) is 16.9 Å². The molecule has 1 heterocycles. The molecule has 0 fully saturated rings. The Kier molecular flexibility index (Phi) is 4.60. The third-order valence-corrected chi connectivity index (χ3v) is 3.56. The molecule has 0 aliphatic heterocycles. The monoisotopic (exact) mass is 345 g/mol. The molecule has 5 nitrogen and oxygen atoms in total. The van der Waals surface area contributed by atoms with E-state index in [2.05, 4.69) is 25.8 Å². The van der Waals surface area contributed by atoms with Crippen LogP contribution in [0, 0.1) is 6.92 Å². The van der Waals surface area contributed by atoms with E-state index in [1.165, 1.54) is 0 Å². The number of halogens is 2. The number of nitrogens with one attached hydrogen (secondary N) is 2. The van der Waals surface area contributed by atoms with Gasteiger partial charge in [-0.25, -0.2) is 0 Å². The molecule has 2 N–H and O–H groups in total. The van der Waals surface area contributed by atoms with Crippen LogP contribution in [0.2, 0.25) is 10.0 Å². The molecular formula is C16H13Cl2N5. The van der Waals surface area contributed by atoms with Gasteiger partial charge in [0.05, 0.1) is 6.20 Å². The van der Waals surface area contributed by atoms with E-state index >= 15 is 0 Å². The molecule has 0 unspecified atom stereocenters. The normalized spacial score (nSPS) is 10.4. The van der Waals surface area contributed by atoms with E-state index < -0.39 is 0 Å². The first-order valence-corrected chi connectivity index (χ1v) is 7.61. The molecule has 0 bridgehead atoms. The van der Waals surface area contributed by atoms with Gasteiger partial charge in [-0.15, -0.1) is 5.10 Å². The number of anilines is 4. The fourth-order valence-corrected chi connectivity index (χ4v) is 2.44. The maximum Gasteiger partial charge on any atom is 0.249 e. The molecule has 0 saturated heterocycles. The Balaban J connectivity index is 1.79. The number of aromatic nitrogens is 3. The number of hydrogen-bond acceptors (Lipinski definition) is 5. The second kappa shape index (κ2) is 6.81. The van der Waals surface area contributed by atoms with Gasteiger partial charge in [-0.2, -0.15) is 10.1 Å². The maximum atomic E-state index is 5.97. The van der Waals surface area contributed by atoms with Crippen molar-refractivity contribution in [2.75, 3.05) is 10.6 Å². The van der Waals surface area contributed by atoms with Crippen LogP contribution in [0.25, 0.3) is 0 Å². The van der Waals surface area contributed by atoms with Crippen LogP contribution in [0.4, 0.5) is 23.1 Å². The lowest BCUT2D eigenvalue weighted by atomic mass is 10.2. The molecule has 0 aliphatic rings. The van der Waals surface area contributed by atoms with Crippen molar-refractivity contribution >= 4 is 46.3 Å². The summed E-state index contributed by atoms with van der Waals surface area (Å²) in [4.78, 5) is 4.38. The minimum atomic E-state index is 0.391. The summed E-state index contributed by atoms with van der Waals surface area (Å²) in [6.45, 7) is 1.95. The van der Waals surface area contributed by atoms with Gasteiger partial charge in [0.1, 0.15) is 0 Å². The molecule has 1 aromatic heterocycles. The number of rotatable bonds is 4. The molecule has 0 amide bonds. The molecule has 0 saturated carbocycles. The third kappa shape index (κ3) is 4.09. The number of aryl methyl sites for hydroxylation is 1. The van der Waals surface area contributed by atoms with Crippen molar-refractivity contribution < 1.29 is 0 Å². The Hall–Kier alpha value is -2.37. The molecule has 0 spiro atoms. The van der Waals surface area contributed by atoms with Crippen LogP contribution in [0.1, 0.15) is 5.56 Å². The summed E-state index contributed by atoms with van der Waals surface area (Å²) in [5, 5.41) is 15.5. The summed E-state index contributed by atoms with van der Waals surface area (Å²) in [6, 6.07) is 12.9. The fraction of sp³-hybridized carbons (Fsp3) is 0.0625. The zero-order chi connectivity index (χ0) is 16.2. The second-order valence-electron chi connectivity index (χ2n) is 4.88. The number of nitrogens with zero attached hydrogens (tertiary/aromatic N) is 3. The molecule has 7 heteroatoms. The van der Waals surface area contributed by atoms with Crippen LogP contribution >= 0.6 is 23.2 Å². The van der Waals surface area contributed by atoms with Crippen molar-refractivity contribution in [3.63, 3.8) is 0 Å². The third-order valence-electron chi connectivity index (χ3n) is 3.09. The molecule has 23 heavy (non-hydrogen) atoms. The fourth-order valence-electron chi connectivity index (χ4n) is 2.02. The van der Waals surface area contributed by atoms with E-state index in [1.807, 2.05) is 31.2 Å². The highest BCUT2D eigenvalue weighted by molar-refractivity contribution is 6.31. The van der Waals surface area contributed by atoms with Crippen LogP contribution in [-0.4, -0.2) is 15.2 Å². The predicted molar refractivity (Wildman–Crippen MR) is 94.0 cm³/mol. The first kappa shape index (κ1) is 15.5. The lowest BCUT2D eigenvalue weighted by Crippen LogP contribution is -2.03. The molecule has 0 radical (unpaired) electrons. The lowest BCUT2D eigenvalue weighted by molar-refractivity contribution is 0.982. The Morgan fingerprint density at radius 3 is 2.57 bits per heavy atom. The van der Waals surface area contributed by atoms with E-state index in [1.54, 1.807) is 24.4 Å². The number of benzene rings is 2. The van der Waals surface area contributed by atoms with Gasteiger partial charge in [0.2, 0.25) is 5.95 Å². The lowest BCUT2D eigenvalue weighted by Gasteiger charge is -2.10. The highest BCUT2D eigenvalue weighted by Gasteiger charge is 2.05. The zero-order valence-corrected chi connectivity index (χ0v) is 13.7. The van der Waals surface area contributed by atoms with Gasteiger partial charge in [0.15, 0.2) is 5.82 Å². The van der Waals surface area contributed by atoms with Crippen molar-refractivity contribution in [1.82, 2.24) is 15.2 Å². The average molecular weight is 346 g/mol. The smallest absolute Gasteiger partial charge is 0.249 e. The molecule has 116 valence electrons. The van der Waals surface area contributed by atoms with Gasteiger partial charge >= 0.3 is 0 Å². The second-order valence-corrected chi connectivity index (χ2v) is 5.76. The van der Waals surface area contributed by atoms with Crippen LogP contribution in [-0.2, 0) is 0 Å². The van der Waals surface area contributed by atoms with E-state index in [4.69, 9.17) is 23.2 Å². The van der Waals surface area contributed by atoms with E-state index in [0.29, 0.717) is 21.8 Å². The van der Waals surface area contributed by atoms with E-state index in [9.17, 15) is 0 Å². The van der Waals surface area contributed by atoms with Gasteiger partial charge in [-0.3, -0.25) is 0 Å². The molecular weight excluding hydrogens is 333 g/mol. The van der Waals surface area contributed by atoms with Crippen LogP contribution in [0.3, 0.4) is 0 Å². The van der Waals surface area contributed by atoms with Crippen LogP contribution in [0.15, 0.2) is 48.7 Å². The SMILES string of the molecule is Cc1cc(Cl)ccc1Nc1nncc(Nc2cccc(Cl)c2)n1. The van der Waals surface area contributed by atoms with Crippen molar-refractivity contribution in [2.24, 2.45) is 0 Å². The van der Waals surface area contributed by atoms with Gasteiger partial charge in [0, 0.05) is 21.4 Å². The quantitative estimate of drug-likeness (QED) is 0.698. The topological polar surface area (TPSA) is 62.7 Å². The summed E-state index contributed by atoms with van der Waals surface area (Å²) < 4.78 is 0. The minimum Gasteiger partial charge on any atom is -0.339 e. The Morgan fingerprint density at radius 1 is 0.957 bits per heavy atom. The van der Waals surface area contributed by atoms with Crippen LogP contribution < -0.4 is 10.6 Å².